The average molecular weight is 167 g/mol. The summed E-state index contributed by atoms with van der Waals surface area (Å²) >= 11 is 0. The van der Waals surface area contributed by atoms with Gasteiger partial charge >= 0.3 is 5.97 Å². The molecule has 5 nitrogen and oxygen atoms in total. The van der Waals surface area contributed by atoms with Crippen LogP contribution in [0.25, 0.3) is 0 Å². The van der Waals surface area contributed by atoms with Gasteiger partial charge in [-0.15, -0.1) is 0 Å². The third kappa shape index (κ3) is 2.19. The molecule has 0 saturated carbocycles. The minimum atomic E-state index is -0.339. The maximum absolute atomic E-state index is 10.7. The van der Waals surface area contributed by atoms with Gasteiger partial charge in [-0.2, -0.15) is 0 Å². The van der Waals surface area contributed by atoms with Crippen molar-refractivity contribution in [3.8, 4) is 5.88 Å². The van der Waals surface area contributed by atoms with E-state index < -0.39 is 0 Å². The number of hydrogen-bond acceptors (Lipinski definition) is 5. The Labute approximate surface area is 69.6 Å². The number of hydrogen-bond donors (Lipinski definition) is 1. The Morgan fingerprint density at radius 1 is 1.58 bits per heavy atom. The molecule has 0 unspecified atom stereocenters. The number of esters is 1. The molecule has 0 aliphatic heterocycles. The van der Waals surface area contributed by atoms with Gasteiger partial charge in [-0.3, -0.25) is 4.79 Å². The molecule has 0 aliphatic rings. The van der Waals surface area contributed by atoms with Gasteiger partial charge in [0.2, 0.25) is 5.88 Å². The van der Waals surface area contributed by atoms with Crippen LogP contribution in [-0.4, -0.2) is 15.9 Å². The fraction of sp³-hybridized carbons (Fsp3) is 0.286. The van der Waals surface area contributed by atoms with E-state index in [4.69, 9.17) is 10.5 Å². The van der Waals surface area contributed by atoms with Gasteiger partial charge in [0.1, 0.15) is 5.82 Å². The molecule has 64 valence electrons. The summed E-state index contributed by atoms with van der Waals surface area (Å²) in [6.07, 6.45) is 2.95. The van der Waals surface area contributed by atoms with E-state index in [9.17, 15) is 4.79 Å². The van der Waals surface area contributed by atoms with Gasteiger partial charge in [-0.25, -0.2) is 9.97 Å². The largest absolute Gasteiger partial charge is 0.406 e. The normalized spacial score (nSPS) is 9.42. The van der Waals surface area contributed by atoms with Crippen LogP contribution in [0, 0.1) is 0 Å². The van der Waals surface area contributed by atoms with Crippen molar-refractivity contribution >= 4 is 11.8 Å². The summed E-state index contributed by atoms with van der Waals surface area (Å²) in [4.78, 5) is 18.2. The number of nitrogen functional groups attached to an aromatic ring is 1. The van der Waals surface area contributed by atoms with Crippen LogP contribution in [0.15, 0.2) is 12.4 Å². The van der Waals surface area contributed by atoms with Crippen LogP contribution in [-0.2, 0) is 4.79 Å². The van der Waals surface area contributed by atoms with E-state index in [0.29, 0.717) is 12.2 Å². The van der Waals surface area contributed by atoms with E-state index in [1.165, 1.54) is 12.4 Å². The van der Waals surface area contributed by atoms with E-state index in [1.54, 1.807) is 6.92 Å². The number of carbonyl (C=O) groups is 1. The second-order valence-electron chi connectivity index (χ2n) is 2.11. The lowest BCUT2D eigenvalue weighted by atomic mass is 10.5. The fourth-order valence-electron chi connectivity index (χ4n) is 0.568. The highest BCUT2D eigenvalue weighted by Crippen LogP contribution is 2.05. The molecule has 0 atom stereocenters. The predicted molar refractivity (Wildman–Crippen MR) is 42.4 cm³/mol. The summed E-state index contributed by atoms with van der Waals surface area (Å²) in [5.41, 5.74) is 5.28. The summed E-state index contributed by atoms with van der Waals surface area (Å²) in [7, 11) is 0. The summed E-state index contributed by atoms with van der Waals surface area (Å²) < 4.78 is 4.75. The van der Waals surface area contributed by atoms with Crippen molar-refractivity contribution in [3.63, 3.8) is 0 Å². The molecule has 0 amide bonds. The van der Waals surface area contributed by atoms with Crippen molar-refractivity contribution in [1.29, 1.82) is 0 Å². The van der Waals surface area contributed by atoms with Crippen LogP contribution in [0.3, 0.4) is 0 Å². The Bertz CT molecular complexity index is 270. The van der Waals surface area contributed by atoms with Crippen molar-refractivity contribution in [2.45, 2.75) is 13.3 Å². The summed E-state index contributed by atoms with van der Waals surface area (Å²) in [5, 5.41) is 0. The first kappa shape index (κ1) is 8.45. The summed E-state index contributed by atoms with van der Waals surface area (Å²) in [5.74, 6) is 0.136. The van der Waals surface area contributed by atoms with E-state index in [1.807, 2.05) is 0 Å². The van der Waals surface area contributed by atoms with Crippen molar-refractivity contribution < 1.29 is 9.53 Å². The molecule has 0 saturated heterocycles. The van der Waals surface area contributed by atoms with Gasteiger partial charge < -0.3 is 10.5 Å². The van der Waals surface area contributed by atoms with Crippen molar-refractivity contribution in [1.82, 2.24) is 9.97 Å². The molecule has 0 aromatic carbocycles. The number of rotatable bonds is 2. The van der Waals surface area contributed by atoms with Gasteiger partial charge in [0, 0.05) is 6.42 Å². The molecule has 0 radical (unpaired) electrons. The van der Waals surface area contributed by atoms with E-state index in [-0.39, 0.29) is 11.8 Å². The number of carbonyl (C=O) groups excluding carboxylic acids is 1. The molecule has 0 aliphatic carbocycles. The highest BCUT2D eigenvalue weighted by molar-refractivity contribution is 5.71. The first-order valence-corrected chi connectivity index (χ1v) is 3.50. The zero-order valence-electron chi connectivity index (χ0n) is 6.65. The molecule has 1 aromatic rings. The maximum atomic E-state index is 10.7. The molecule has 0 spiro atoms. The Hall–Kier alpha value is -1.65. The van der Waals surface area contributed by atoms with E-state index >= 15 is 0 Å². The van der Waals surface area contributed by atoms with Gasteiger partial charge in [-0.1, -0.05) is 6.92 Å². The molecule has 5 heteroatoms. The second-order valence-corrected chi connectivity index (χ2v) is 2.11. The molecular weight excluding hydrogens is 158 g/mol. The Morgan fingerprint density at radius 3 is 2.83 bits per heavy atom. The number of anilines is 1. The topological polar surface area (TPSA) is 78.1 Å². The highest BCUT2D eigenvalue weighted by Gasteiger charge is 2.01. The Morgan fingerprint density at radius 2 is 2.33 bits per heavy atom. The van der Waals surface area contributed by atoms with Crippen LogP contribution >= 0.6 is 0 Å². The highest BCUT2D eigenvalue weighted by atomic mass is 16.5. The second kappa shape index (κ2) is 3.66. The SMILES string of the molecule is CCC(=O)Oc1cnc(N)cn1. The molecule has 2 N–H and O–H groups in total. The third-order valence-corrected chi connectivity index (χ3v) is 1.16. The first-order valence-electron chi connectivity index (χ1n) is 3.50. The molecule has 0 fully saturated rings. The van der Waals surface area contributed by atoms with Crippen molar-refractivity contribution in [3.05, 3.63) is 12.4 Å². The van der Waals surface area contributed by atoms with Gasteiger partial charge in [0.25, 0.3) is 0 Å². The lowest BCUT2D eigenvalue weighted by Gasteiger charge is -1.99. The van der Waals surface area contributed by atoms with E-state index in [0.717, 1.165) is 0 Å². The van der Waals surface area contributed by atoms with Crippen LogP contribution in [0.4, 0.5) is 5.82 Å². The van der Waals surface area contributed by atoms with E-state index in [2.05, 4.69) is 9.97 Å². The lowest BCUT2D eigenvalue weighted by molar-refractivity contribution is -0.134. The van der Waals surface area contributed by atoms with Gasteiger partial charge in [-0.05, 0) is 0 Å². The Balaban J connectivity index is 2.64. The van der Waals surface area contributed by atoms with Crippen LogP contribution in [0.5, 0.6) is 5.88 Å². The van der Waals surface area contributed by atoms with Gasteiger partial charge in [0.15, 0.2) is 0 Å². The monoisotopic (exact) mass is 167 g/mol. The maximum Gasteiger partial charge on any atom is 0.312 e. The number of ether oxygens (including phenoxy) is 1. The standard InChI is InChI=1S/C7H9N3O2/c1-2-7(11)12-6-4-9-5(8)3-10-6/h3-4H,2H2,1H3,(H2,8,9). The average Bonchev–Trinajstić information content (AvgIpc) is 2.09. The molecule has 1 heterocycles. The Kier molecular flexibility index (Phi) is 2.57. The predicted octanol–water partition coefficient (Wildman–Crippen LogP) is 0.374. The van der Waals surface area contributed by atoms with Crippen molar-refractivity contribution in [2.24, 2.45) is 0 Å². The summed E-state index contributed by atoms with van der Waals surface area (Å²) in [6.45, 7) is 1.70. The minimum Gasteiger partial charge on any atom is -0.406 e. The smallest absolute Gasteiger partial charge is 0.312 e. The fourth-order valence-corrected chi connectivity index (χ4v) is 0.568. The number of nitrogens with two attached hydrogens (primary N) is 1. The minimum absolute atomic E-state index is 0.177. The zero-order chi connectivity index (χ0) is 8.97. The molecule has 0 bridgehead atoms. The van der Waals surface area contributed by atoms with Crippen LogP contribution in [0.1, 0.15) is 13.3 Å². The van der Waals surface area contributed by atoms with Gasteiger partial charge in [0.05, 0.1) is 12.4 Å². The number of aromatic nitrogens is 2. The summed E-state index contributed by atoms with van der Waals surface area (Å²) in [6, 6.07) is 0. The zero-order valence-corrected chi connectivity index (χ0v) is 6.65. The molecule has 1 aromatic heterocycles. The van der Waals surface area contributed by atoms with Crippen molar-refractivity contribution in [2.75, 3.05) is 5.73 Å². The molecule has 1 rings (SSSR count). The quantitative estimate of drug-likeness (QED) is 0.644. The first-order chi connectivity index (χ1) is 5.72. The van der Waals surface area contributed by atoms with Crippen LogP contribution in [0.2, 0.25) is 0 Å². The molecule has 12 heavy (non-hydrogen) atoms. The third-order valence-electron chi connectivity index (χ3n) is 1.16. The number of nitrogens with zero attached hydrogens (tertiary/aromatic N) is 2. The lowest BCUT2D eigenvalue weighted by Crippen LogP contribution is -2.07. The molecular formula is C7H9N3O2. The van der Waals surface area contributed by atoms with Crippen LogP contribution < -0.4 is 10.5 Å².